The van der Waals surface area contributed by atoms with Crippen LogP contribution in [0.4, 0.5) is 0 Å². The fourth-order valence-electron chi connectivity index (χ4n) is 3.01. The Balaban J connectivity index is 0.00000306. The Labute approximate surface area is 209 Å². The van der Waals surface area contributed by atoms with Gasteiger partial charge in [0.2, 0.25) is 0 Å². The van der Waals surface area contributed by atoms with Crippen molar-refractivity contribution >= 4 is 39.7 Å². The third-order valence-corrected chi connectivity index (χ3v) is 5.70. The number of phenolic OH excluding ortho intramolecular Hbond substituents is 1. The average Bonchev–Trinajstić information content (AvgIpc) is 2.80. The van der Waals surface area contributed by atoms with Crippen molar-refractivity contribution < 1.29 is 17.5 Å². The van der Waals surface area contributed by atoms with Gasteiger partial charge in [-0.15, -0.1) is 0 Å². The molecule has 0 saturated carbocycles. The standard InChI is InChI=1S/C25H25BrClN3O3.2H2/c1-17-14-22(33-13-12-28-11-10-18-2-6-21(26)7-3-18)8-4-20(17)16-29-30-25(32)19-5-9-24(31)23(27)15-19;;/h2-9,14-16,28,31H,10-13H2,1H3,(H,30,32);2*1H/b29-16+;;. The maximum Gasteiger partial charge on any atom is 0.271 e. The van der Waals surface area contributed by atoms with Crippen LogP contribution in [-0.2, 0) is 6.42 Å². The molecule has 33 heavy (non-hydrogen) atoms. The molecule has 0 saturated heterocycles. The Bertz CT molecular complexity index is 1130. The molecule has 3 N–H and O–H groups in total. The van der Waals surface area contributed by atoms with Crippen LogP contribution in [0.25, 0.3) is 0 Å². The van der Waals surface area contributed by atoms with E-state index in [2.05, 4.69) is 56.0 Å². The fraction of sp³-hybridized carbons (Fsp3) is 0.200. The molecule has 0 radical (unpaired) electrons. The largest absolute Gasteiger partial charge is 0.506 e. The highest BCUT2D eigenvalue weighted by Crippen LogP contribution is 2.23. The molecule has 3 rings (SSSR count). The van der Waals surface area contributed by atoms with E-state index in [0.29, 0.717) is 12.2 Å². The van der Waals surface area contributed by atoms with Gasteiger partial charge in [-0.1, -0.05) is 39.7 Å². The highest BCUT2D eigenvalue weighted by atomic mass is 79.9. The zero-order valence-electron chi connectivity index (χ0n) is 18.1. The quantitative estimate of drug-likeness (QED) is 0.180. The Morgan fingerprint density at radius 1 is 1.15 bits per heavy atom. The van der Waals surface area contributed by atoms with Crippen molar-refractivity contribution in [1.29, 1.82) is 0 Å². The second-order valence-corrected chi connectivity index (χ2v) is 8.68. The van der Waals surface area contributed by atoms with Crippen LogP contribution in [0, 0.1) is 6.92 Å². The molecule has 0 aromatic heterocycles. The molecule has 0 unspecified atom stereocenters. The molecule has 0 spiro atoms. The Morgan fingerprint density at radius 2 is 1.94 bits per heavy atom. The molecular formula is C25H29BrClN3O3. The van der Waals surface area contributed by atoms with E-state index in [1.165, 1.54) is 23.8 Å². The molecule has 0 aliphatic carbocycles. The van der Waals surface area contributed by atoms with Crippen molar-refractivity contribution in [3.8, 4) is 11.5 Å². The van der Waals surface area contributed by atoms with Gasteiger partial charge < -0.3 is 15.2 Å². The van der Waals surface area contributed by atoms with Gasteiger partial charge in [0.05, 0.1) is 11.2 Å². The summed E-state index contributed by atoms with van der Waals surface area (Å²) < 4.78 is 6.90. The molecule has 176 valence electrons. The zero-order chi connectivity index (χ0) is 23.6. The molecule has 0 aliphatic rings. The van der Waals surface area contributed by atoms with E-state index in [1.54, 1.807) is 6.21 Å². The zero-order valence-corrected chi connectivity index (χ0v) is 20.5. The SMILES string of the molecule is Cc1cc(OCCNCCc2ccc(Br)cc2)ccc1/C=N/NC(=O)c1ccc(O)c(Cl)c1.[HH].[HH]. The number of carbonyl (C=O) groups excluding carboxylic acids is 1. The molecule has 0 aliphatic heterocycles. The van der Waals surface area contributed by atoms with Crippen LogP contribution in [0.2, 0.25) is 5.02 Å². The van der Waals surface area contributed by atoms with Gasteiger partial charge in [-0.2, -0.15) is 5.10 Å². The molecule has 3 aromatic rings. The molecule has 1 amide bonds. The number of hydrogen-bond donors (Lipinski definition) is 3. The molecule has 0 fully saturated rings. The van der Waals surface area contributed by atoms with E-state index in [0.717, 1.165) is 40.9 Å². The summed E-state index contributed by atoms with van der Waals surface area (Å²) in [4.78, 5) is 12.1. The fourth-order valence-corrected chi connectivity index (χ4v) is 3.45. The predicted octanol–water partition coefficient (Wildman–Crippen LogP) is 5.58. The number of aromatic hydroxyl groups is 1. The molecule has 0 heterocycles. The summed E-state index contributed by atoms with van der Waals surface area (Å²) >= 11 is 9.27. The minimum Gasteiger partial charge on any atom is -0.506 e. The maximum absolute atomic E-state index is 12.1. The van der Waals surface area contributed by atoms with Crippen LogP contribution in [0.1, 0.15) is 29.9 Å². The first-order chi connectivity index (χ1) is 15.9. The van der Waals surface area contributed by atoms with Crippen molar-refractivity contribution in [1.82, 2.24) is 10.7 Å². The number of carbonyl (C=O) groups is 1. The summed E-state index contributed by atoms with van der Waals surface area (Å²) in [6.07, 6.45) is 2.54. The van der Waals surface area contributed by atoms with Gasteiger partial charge in [-0.05, 0) is 85.1 Å². The van der Waals surface area contributed by atoms with Gasteiger partial charge in [-0.3, -0.25) is 4.79 Å². The molecule has 0 bridgehead atoms. The number of rotatable bonds is 10. The van der Waals surface area contributed by atoms with E-state index in [4.69, 9.17) is 16.3 Å². The molecular weight excluding hydrogens is 506 g/mol. The number of halogens is 2. The van der Waals surface area contributed by atoms with Gasteiger partial charge in [0.1, 0.15) is 18.1 Å². The second-order valence-electron chi connectivity index (χ2n) is 7.36. The lowest BCUT2D eigenvalue weighted by molar-refractivity contribution is 0.0955. The highest BCUT2D eigenvalue weighted by Gasteiger charge is 2.07. The molecule has 3 aromatic carbocycles. The number of hydrogen-bond acceptors (Lipinski definition) is 5. The number of nitrogens with zero attached hydrogens (tertiary/aromatic N) is 1. The average molecular weight is 535 g/mol. The molecule has 0 atom stereocenters. The van der Waals surface area contributed by atoms with E-state index in [9.17, 15) is 9.90 Å². The summed E-state index contributed by atoms with van der Waals surface area (Å²) in [6, 6.07) is 18.2. The van der Waals surface area contributed by atoms with Gasteiger partial charge >= 0.3 is 0 Å². The van der Waals surface area contributed by atoms with Crippen LogP contribution in [0.5, 0.6) is 11.5 Å². The number of benzene rings is 3. The van der Waals surface area contributed by atoms with Crippen molar-refractivity contribution in [3.63, 3.8) is 0 Å². The maximum atomic E-state index is 12.1. The molecule has 8 heteroatoms. The summed E-state index contributed by atoms with van der Waals surface area (Å²) in [5.41, 5.74) is 5.89. The van der Waals surface area contributed by atoms with Gasteiger partial charge in [0.15, 0.2) is 0 Å². The van der Waals surface area contributed by atoms with Crippen LogP contribution < -0.4 is 15.5 Å². The number of nitrogens with one attached hydrogen (secondary N) is 2. The summed E-state index contributed by atoms with van der Waals surface area (Å²) in [7, 11) is 0. The third kappa shape index (κ3) is 7.89. The number of phenols is 1. The van der Waals surface area contributed by atoms with Gasteiger partial charge in [0, 0.05) is 19.4 Å². The van der Waals surface area contributed by atoms with Crippen molar-refractivity contribution in [2.75, 3.05) is 19.7 Å². The number of aryl methyl sites for hydroxylation is 1. The van der Waals surface area contributed by atoms with E-state index in [-0.39, 0.29) is 13.6 Å². The molecule has 6 nitrogen and oxygen atoms in total. The van der Waals surface area contributed by atoms with E-state index >= 15 is 0 Å². The monoisotopic (exact) mass is 533 g/mol. The number of amides is 1. The normalized spacial score (nSPS) is 11.0. The van der Waals surface area contributed by atoms with Crippen LogP contribution in [0.3, 0.4) is 0 Å². The van der Waals surface area contributed by atoms with E-state index < -0.39 is 5.91 Å². The first-order valence-corrected chi connectivity index (χ1v) is 11.6. The van der Waals surface area contributed by atoms with Crippen molar-refractivity contribution in [2.45, 2.75) is 13.3 Å². The smallest absolute Gasteiger partial charge is 0.271 e. The lowest BCUT2D eigenvalue weighted by Gasteiger charge is -2.09. The first-order valence-electron chi connectivity index (χ1n) is 10.4. The second kappa shape index (κ2) is 12.4. The summed E-state index contributed by atoms with van der Waals surface area (Å²) in [5, 5.41) is 16.9. The van der Waals surface area contributed by atoms with Gasteiger partial charge in [0.25, 0.3) is 5.91 Å². The van der Waals surface area contributed by atoms with Crippen molar-refractivity contribution in [2.24, 2.45) is 5.10 Å². The number of hydrazone groups is 1. The number of ether oxygens (including phenoxy) is 1. The van der Waals surface area contributed by atoms with Crippen LogP contribution in [0.15, 0.2) is 70.2 Å². The van der Waals surface area contributed by atoms with Crippen molar-refractivity contribution in [3.05, 3.63) is 92.4 Å². The lowest BCUT2D eigenvalue weighted by atomic mass is 10.1. The minimum absolute atomic E-state index is 0. The van der Waals surface area contributed by atoms with Crippen LogP contribution >= 0.6 is 27.5 Å². The Morgan fingerprint density at radius 3 is 2.67 bits per heavy atom. The van der Waals surface area contributed by atoms with E-state index in [1.807, 2.05) is 25.1 Å². The topological polar surface area (TPSA) is 83.0 Å². The Hall–Kier alpha value is -2.87. The van der Waals surface area contributed by atoms with Crippen LogP contribution in [-0.4, -0.2) is 36.9 Å². The van der Waals surface area contributed by atoms with Gasteiger partial charge in [-0.25, -0.2) is 5.43 Å². The lowest BCUT2D eigenvalue weighted by Crippen LogP contribution is -2.23. The first kappa shape index (κ1) is 24.8. The summed E-state index contributed by atoms with van der Waals surface area (Å²) in [5.74, 6) is 0.284. The summed E-state index contributed by atoms with van der Waals surface area (Å²) in [6.45, 7) is 4.16. The third-order valence-electron chi connectivity index (χ3n) is 4.87. The minimum atomic E-state index is -0.418. The Kier molecular flexibility index (Phi) is 9.30. The predicted molar refractivity (Wildman–Crippen MR) is 140 cm³/mol. The highest BCUT2D eigenvalue weighted by molar-refractivity contribution is 9.10.